The molecule has 1 aliphatic heterocycles. The van der Waals surface area contributed by atoms with Gasteiger partial charge in [-0.05, 0) is 58.1 Å². The number of rotatable bonds is 3. The van der Waals surface area contributed by atoms with Crippen molar-refractivity contribution in [1.29, 1.82) is 0 Å². The smallest absolute Gasteiger partial charge is 0.249 e. The van der Waals surface area contributed by atoms with Gasteiger partial charge < -0.3 is 9.47 Å². The van der Waals surface area contributed by atoms with Crippen molar-refractivity contribution in [1.82, 2.24) is 14.5 Å². The van der Waals surface area contributed by atoms with E-state index in [4.69, 9.17) is 4.98 Å². The number of piperidine rings is 1. The predicted molar refractivity (Wildman–Crippen MR) is 101 cm³/mol. The van der Waals surface area contributed by atoms with Crippen LogP contribution in [0.3, 0.4) is 0 Å². The first kappa shape index (κ1) is 16.4. The first-order chi connectivity index (χ1) is 12.1. The third kappa shape index (κ3) is 2.99. The van der Waals surface area contributed by atoms with E-state index in [1.165, 1.54) is 5.52 Å². The van der Waals surface area contributed by atoms with Crippen LogP contribution in [-0.2, 0) is 4.79 Å². The summed E-state index contributed by atoms with van der Waals surface area (Å²) in [7, 11) is 0. The lowest BCUT2D eigenvalue weighted by Gasteiger charge is -2.33. The van der Waals surface area contributed by atoms with Crippen LogP contribution in [0.1, 0.15) is 63.7 Å². The zero-order valence-corrected chi connectivity index (χ0v) is 15.2. The molecule has 0 radical (unpaired) electrons. The van der Waals surface area contributed by atoms with Crippen molar-refractivity contribution in [2.24, 2.45) is 0 Å². The molecule has 25 heavy (non-hydrogen) atoms. The molecule has 1 aromatic heterocycles. The van der Waals surface area contributed by atoms with Crippen molar-refractivity contribution in [3.05, 3.63) is 41.7 Å². The summed E-state index contributed by atoms with van der Waals surface area (Å²) in [6.45, 7) is 6.11. The Kier molecular flexibility index (Phi) is 4.36. The van der Waals surface area contributed by atoms with Gasteiger partial charge in [0, 0.05) is 30.6 Å². The maximum atomic E-state index is 12.8. The van der Waals surface area contributed by atoms with Gasteiger partial charge in [0.25, 0.3) is 0 Å². The Labute approximate surface area is 149 Å². The number of aromatic nitrogens is 2. The number of imidazole rings is 1. The molecule has 0 N–H and O–H groups in total. The van der Waals surface area contributed by atoms with Gasteiger partial charge in [-0.15, -0.1) is 0 Å². The fraction of sp³-hybridized carbons (Fsp3) is 0.524. The number of fused-ring (bicyclic) bond motifs is 1. The summed E-state index contributed by atoms with van der Waals surface area (Å²) in [5.41, 5.74) is 3.29. The number of carbonyl (C=O) groups is 1. The predicted octanol–water partition coefficient (Wildman–Crippen LogP) is 4.43. The van der Waals surface area contributed by atoms with Gasteiger partial charge in [-0.3, -0.25) is 4.79 Å². The Hall–Kier alpha value is -2.10. The summed E-state index contributed by atoms with van der Waals surface area (Å²) >= 11 is 0. The van der Waals surface area contributed by atoms with Crippen LogP contribution in [0.25, 0.3) is 11.0 Å². The highest BCUT2D eigenvalue weighted by Crippen LogP contribution is 2.32. The topological polar surface area (TPSA) is 38.1 Å². The lowest BCUT2D eigenvalue weighted by Crippen LogP contribution is -2.40. The summed E-state index contributed by atoms with van der Waals surface area (Å²) in [6, 6.07) is 8.74. The third-order valence-electron chi connectivity index (χ3n) is 5.53. The monoisotopic (exact) mass is 337 g/mol. The minimum Gasteiger partial charge on any atom is -0.338 e. The molecule has 132 valence electrons. The maximum Gasteiger partial charge on any atom is 0.249 e. The number of allylic oxidation sites excluding steroid dienone is 1. The lowest BCUT2D eigenvalue weighted by atomic mass is 9.96. The van der Waals surface area contributed by atoms with Gasteiger partial charge in [0.1, 0.15) is 5.82 Å². The number of hydrogen-bond donors (Lipinski definition) is 0. The Bertz CT molecular complexity index is 818. The number of benzene rings is 1. The quantitative estimate of drug-likeness (QED) is 0.831. The standard InChI is InChI=1S/C21H27N3O/c1-15(2)24-19-12-6-5-11-18(19)22-20(24)17-10-7-13-23(14-17)21(25)16-8-3-4-9-16/h5-6,8,11-12,15,17H,3-4,7,9-10,13-14H2,1-2H3/t17-/m0/s1. The van der Waals surface area contributed by atoms with Gasteiger partial charge in [-0.25, -0.2) is 4.98 Å². The van der Waals surface area contributed by atoms with Crippen LogP contribution in [0.2, 0.25) is 0 Å². The second-order valence-electron chi connectivity index (χ2n) is 7.63. The van der Waals surface area contributed by atoms with Gasteiger partial charge in [0.05, 0.1) is 11.0 Å². The molecule has 0 saturated carbocycles. The van der Waals surface area contributed by atoms with E-state index < -0.39 is 0 Å². The van der Waals surface area contributed by atoms with Gasteiger partial charge in [0.15, 0.2) is 0 Å². The lowest BCUT2D eigenvalue weighted by molar-refractivity contribution is -0.128. The third-order valence-corrected chi connectivity index (χ3v) is 5.53. The summed E-state index contributed by atoms with van der Waals surface area (Å²) in [5.74, 6) is 1.73. The van der Waals surface area contributed by atoms with Crippen molar-refractivity contribution in [3.63, 3.8) is 0 Å². The molecule has 1 aliphatic carbocycles. The Balaban J connectivity index is 1.64. The molecule has 4 nitrogen and oxygen atoms in total. The number of hydrogen-bond acceptors (Lipinski definition) is 2. The number of nitrogens with zero attached hydrogens (tertiary/aromatic N) is 3. The van der Waals surface area contributed by atoms with E-state index >= 15 is 0 Å². The summed E-state index contributed by atoms with van der Waals surface area (Å²) in [4.78, 5) is 19.8. The number of amides is 1. The first-order valence-electron chi connectivity index (χ1n) is 9.60. The minimum atomic E-state index is 0.259. The van der Waals surface area contributed by atoms with Crippen LogP contribution < -0.4 is 0 Å². The van der Waals surface area contributed by atoms with Crippen molar-refractivity contribution >= 4 is 16.9 Å². The second-order valence-corrected chi connectivity index (χ2v) is 7.63. The van der Waals surface area contributed by atoms with E-state index in [9.17, 15) is 4.79 Å². The van der Waals surface area contributed by atoms with Crippen LogP contribution in [0.15, 0.2) is 35.9 Å². The molecular formula is C21H27N3O. The van der Waals surface area contributed by atoms with Crippen molar-refractivity contribution in [3.8, 4) is 0 Å². The molecule has 0 unspecified atom stereocenters. The molecule has 0 bridgehead atoms. The number of likely N-dealkylation sites (tertiary alicyclic amines) is 1. The zero-order valence-electron chi connectivity index (χ0n) is 15.2. The normalized spacial score (nSPS) is 21.2. The van der Waals surface area contributed by atoms with Crippen molar-refractivity contribution in [2.45, 2.75) is 57.9 Å². The molecule has 1 fully saturated rings. The molecule has 1 saturated heterocycles. The average Bonchev–Trinajstić information content (AvgIpc) is 3.28. The molecule has 2 heterocycles. The van der Waals surface area contributed by atoms with E-state index in [0.717, 1.165) is 62.1 Å². The number of para-hydroxylation sites is 2. The van der Waals surface area contributed by atoms with E-state index in [1.54, 1.807) is 0 Å². The largest absolute Gasteiger partial charge is 0.338 e. The summed E-state index contributed by atoms with van der Waals surface area (Å²) < 4.78 is 2.36. The fourth-order valence-corrected chi connectivity index (χ4v) is 4.33. The Morgan fingerprint density at radius 3 is 2.84 bits per heavy atom. The van der Waals surface area contributed by atoms with Crippen LogP contribution in [0.4, 0.5) is 0 Å². The van der Waals surface area contributed by atoms with E-state index in [1.807, 2.05) is 6.07 Å². The van der Waals surface area contributed by atoms with Crippen molar-refractivity contribution in [2.75, 3.05) is 13.1 Å². The molecule has 1 aromatic carbocycles. The van der Waals surface area contributed by atoms with Gasteiger partial charge >= 0.3 is 0 Å². The SMILES string of the molecule is CC(C)n1c([C@H]2CCCN(C(=O)C3=CCCC3)C2)nc2ccccc21. The van der Waals surface area contributed by atoms with Gasteiger partial charge in [-0.2, -0.15) is 0 Å². The highest BCUT2D eigenvalue weighted by Gasteiger charge is 2.30. The molecule has 4 rings (SSSR count). The average molecular weight is 337 g/mol. The van der Waals surface area contributed by atoms with Crippen LogP contribution >= 0.6 is 0 Å². The maximum absolute atomic E-state index is 12.8. The van der Waals surface area contributed by atoms with E-state index in [-0.39, 0.29) is 5.91 Å². The van der Waals surface area contributed by atoms with Crippen LogP contribution in [0.5, 0.6) is 0 Å². The summed E-state index contributed by atoms with van der Waals surface area (Å²) in [5, 5.41) is 0. The highest BCUT2D eigenvalue weighted by atomic mass is 16.2. The Morgan fingerprint density at radius 2 is 2.08 bits per heavy atom. The van der Waals surface area contributed by atoms with E-state index in [2.05, 4.69) is 47.6 Å². The van der Waals surface area contributed by atoms with Gasteiger partial charge in [-0.1, -0.05) is 18.2 Å². The fourth-order valence-electron chi connectivity index (χ4n) is 4.33. The highest BCUT2D eigenvalue weighted by molar-refractivity contribution is 5.94. The van der Waals surface area contributed by atoms with Crippen LogP contribution in [-0.4, -0.2) is 33.4 Å². The Morgan fingerprint density at radius 1 is 1.24 bits per heavy atom. The zero-order chi connectivity index (χ0) is 17.4. The minimum absolute atomic E-state index is 0.259. The van der Waals surface area contributed by atoms with E-state index in [0.29, 0.717) is 12.0 Å². The molecular weight excluding hydrogens is 310 g/mol. The molecule has 0 spiro atoms. The van der Waals surface area contributed by atoms with Crippen LogP contribution in [0, 0.1) is 0 Å². The van der Waals surface area contributed by atoms with Gasteiger partial charge in [0.2, 0.25) is 5.91 Å². The summed E-state index contributed by atoms with van der Waals surface area (Å²) in [6.07, 6.45) is 7.44. The van der Waals surface area contributed by atoms with Crippen molar-refractivity contribution < 1.29 is 4.79 Å². The molecule has 2 aromatic rings. The number of carbonyl (C=O) groups excluding carboxylic acids is 1. The molecule has 1 amide bonds. The molecule has 2 aliphatic rings. The first-order valence-corrected chi connectivity index (χ1v) is 9.60. The molecule has 4 heteroatoms. The molecule has 1 atom stereocenters. The second kappa shape index (κ2) is 6.66.